The number of carbonyl (C=O) groups excluding carboxylic acids is 1. The van der Waals surface area contributed by atoms with Crippen LogP contribution < -0.4 is 9.47 Å². The predicted octanol–water partition coefficient (Wildman–Crippen LogP) is 3.15. The van der Waals surface area contributed by atoms with Crippen LogP contribution >= 0.6 is 0 Å². The van der Waals surface area contributed by atoms with Gasteiger partial charge in [0.2, 0.25) is 0 Å². The van der Waals surface area contributed by atoms with Crippen LogP contribution in [0.1, 0.15) is 23.9 Å². The highest BCUT2D eigenvalue weighted by Crippen LogP contribution is 2.28. The van der Waals surface area contributed by atoms with E-state index in [1.165, 1.54) is 0 Å². The maximum absolute atomic E-state index is 11.7. The van der Waals surface area contributed by atoms with Gasteiger partial charge in [0.1, 0.15) is 0 Å². The Morgan fingerprint density at radius 1 is 1.30 bits per heavy atom. The molecule has 2 aromatic rings. The number of rotatable bonds is 7. The van der Waals surface area contributed by atoms with Crippen LogP contribution in [0, 0.1) is 6.92 Å². The minimum absolute atomic E-state index is 0.0282. The van der Waals surface area contributed by atoms with Crippen molar-refractivity contribution in [3.05, 3.63) is 47.4 Å². The van der Waals surface area contributed by atoms with E-state index in [4.69, 9.17) is 18.7 Å². The van der Waals surface area contributed by atoms with Crippen molar-refractivity contribution in [1.82, 2.24) is 5.16 Å². The molecule has 0 aliphatic carbocycles. The summed E-state index contributed by atoms with van der Waals surface area (Å²) in [5.74, 6) is 1.02. The van der Waals surface area contributed by atoms with E-state index >= 15 is 0 Å². The monoisotopic (exact) mass is 317 g/mol. The lowest BCUT2D eigenvalue weighted by Gasteiger charge is -2.10. The Labute approximate surface area is 134 Å². The summed E-state index contributed by atoms with van der Waals surface area (Å²) < 4.78 is 20.7. The van der Waals surface area contributed by atoms with Crippen molar-refractivity contribution >= 4 is 12.0 Å². The molecule has 23 heavy (non-hydrogen) atoms. The Kier molecular flexibility index (Phi) is 5.80. The molecule has 0 radical (unpaired) electrons. The summed E-state index contributed by atoms with van der Waals surface area (Å²) in [7, 11) is 1.55. The maximum Gasteiger partial charge on any atom is 0.344 e. The summed E-state index contributed by atoms with van der Waals surface area (Å²) in [6.45, 7) is 3.54. The number of benzene rings is 1. The van der Waals surface area contributed by atoms with E-state index in [9.17, 15) is 4.79 Å². The molecule has 1 heterocycles. The van der Waals surface area contributed by atoms with Crippen molar-refractivity contribution in [2.75, 3.05) is 13.7 Å². The maximum atomic E-state index is 11.7. The van der Waals surface area contributed by atoms with Gasteiger partial charge < -0.3 is 18.7 Å². The van der Waals surface area contributed by atoms with Gasteiger partial charge in [0.15, 0.2) is 30.5 Å². The lowest BCUT2D eigenvalue weighted by atomic mass is 10.2. The first kappa shape index (κ1) is 16.6. The number of hydrogen-bond donors (Lipinski definition) is 0. The zero-order valence-electron chi connectivity index (χ0n) is 13.4. The highest BCUT2D eigenvalue weighted by molar-refractivity contribution is 5.71. The Bertz CT molecular complexity index is 690. The summed E-state index contributed by atoms with van der Waals surface area (Å²) in [5, 5.41) is 3.71. The van der Waals surface area contributed by atoms with E-state index in [0.717, 1.165) is 11.3 Å². The van der Waals surface area contributed by atoms with Gasteiger partial charge in [-0.2, -0.15) is 0 Å². The second-order valence-electron chi connectivity index (χ2n) is 4.79. The molecule has 0 aliphatic heterocycles. The normalized spacial score (nSPS) is 10.7. The number of methoxy groups -OCH3 is 1. The minimum atomic E-state index is -0.501. The predicted molar refractivity (Wildman–Crippen MR) is 84.2 cm³/mol. The molecule has 0 saturated carbocycles. The molecule has 0 saturated heterocycles. The van der Waals surface area contributed by atoms with Crippen molar-refractivity contribution in [1.29, 1.82) is 0 Å². The first-order valence-electron chi connectivity index (χ1n) is 7.13. The standard InChI is InChI=1S/C17H19NO5/c1-4-5-13-6-7-15(16(9-13)20-3)21-11-17(19)22-10-14-8-12(2)18-23-14/h4-9H,10-11H2,1-3H3/b5-4+. The van der Waals surface area contributed by atoms with Crippen LogP contribution in [0.4, 0.5) is 0 Å². The molecule has 0 atom stereocenters. The molecule has 0 N–H and O–H groups in total. The highest BCUT2D eigenvalue weighted by Gasteiger charge is 2.10. The second kappa shape index (κ2) is 8.03. The number of ether oxygens (including phenoxy) is 3. The third-order valence-electron chi connectivity index (χ3n) is 2.94. The van der Waals surface area contributed by atoms with E-state index in [-0.39, 0.29) is 13.2 Å². The van der Waals surface area contributed by atoms with Crippen molar-refractivity contribution in [2.45, 2.75) is 20.5 Å². The number of allylic oxidation sites excluding steroid dienone is 1. The largest absolute Gasteiger partial charge is 0.493 e. The fraction of sp³-hybridized carbons (Fsp3) is 0.294. The molecule has 0 spiro atoms. The van der Waals surface area contributed by atoms with E-state index in [0.29, 0.717) is 17.3 Å². The summed E-state index contributed by atoms with van der Waals surface area (Å²) >= 11 is 0. The summed E-state index contributed by atoms with van der Waals surface area (Å²) in [4.78, 5) is 11.7. The average molecular weight is 317 g/mol. The van der Waals surface area contributed by atoms with Crippen molar-refractivity contribution in [2.24, 2.45) is 0 Å². The molecule has 0 aliphatic rings. The quantitative estimate of drug-likeness (QED) is 0.731. The first-order chi connectivity index (χ1) is 11.1. The van der Waals surface area contributed by atoms with Gasteiger partial charge in [0, 0.05) is 6.07 Å². The first-order valence-corrected chi connectivity index (χ1v) is 7.13. The van der Waals surface area contributed by atoms with Crippen molar-refractivity contribution in [3.63, 3.8) is 0 Å². The smallest absolute Gasteiger partial charge is 0.344 e. The molecule has 1 aromatic heterocycles. The van der Waals surface area contributed by atoms with Crippen molar-refractivity contribution < 1.29 is 23.5 Å². The topological polar surface area (TPSA) is 70.8 Å². The van der Waals surface area contributed by atoms with E-state index in [2.05, 4.69) is 5.16 Å². The van der Waals surface area contributed by atoms with Crippen molar-refractivity contribution in [3.8, 4) is 11.5 Å². The Morgan fingerprint density at radius 3 is 2.78 bits per heavy atom. The van der Waals surface area contributed by atoms with Crippen LogP contribution in [0.25, 0.3) is 6.08 Å². The van der Waals surface area contributed by atoms with Crippen LogP contribution in [-0.4, -0.2) is 24.8 Å². The van der Waals surface area contributed by atoms with Gasteiger partial charge >= 0.3 is 5.97 Å². The molecule has 6 nitrogen and oxygen atoms in total. The van der Waals surface area contributed by atoms with E-state index < -0.39 is 5.97 Å². The molecule has 1 aromatic carbocycles. The minimum Gasteiger partial charge on any atom is -0.493 e. The number of aryl methyl sites for hydroxylation is 1. The van der Waals surface area contributed by atoms with Crippen LogP contribution in [0.2, 0.25) is 0 Å². The molecule has 2 rings (SSSR count). The third kappa shape index (κ3) is 4.88. The highest BCUT2D eigenvalue weighted by atomic mass is 16.6. The number of esters is 1. The van der Waals surface area contributed by atoms with Gasteiger partial charge in [0.25, 0.3) is 0 Å². The number of nitrogens with zero attached hydrogens (tertiary/aromatic N) is 1. The summed E-state index contributed by atoms with van der Waals surface area (Å²) in [5.41, 5.74) is 1.72. The van der Waals surface area contributed by atoms with Gasteiger partial charge in [-0.3, -0.25) is 0 Å². The van der Waals surface area contributed by atoms with Gasteiger partial charge in [-0.1, -0.05) is 23.4 Å². The Hall–Kier alpha value is -2.76. The molecule has 0 bridgehead atoms. The van der Waals surface area contributed by atoms with E-state index in [1.54, 1.807) is 26.2 Å². The van der Waals surface area contributed by atoms with Crippen LogP contribution in [0.3, 0.4) is 0 Å². The van der Waals surface area contributed by atoms with Gasteiger partial charge in [0.05, 0.1) is 12.8 Å². The molecular weight excluding hydrogens is 298 g/mol. The fourth-order valence-electron chi connectivity index (χ4n) is 1.91. The summed E-state index contributed by atoms with van der Waals surface area (Å²) in [6, 6.07) is 7.16. The summed E-state index contributed by atoms with van der Waals surface area (Å²) in [6.07, 6.45) is 3.87. The number of hydrogen-bond acceptors (Lipinski definition) is 6. The lowest BCUT2D eigenvalue weighted by molar-refractivity contribution is -0.148. The third-order valence-corrected chi connectivity index (χ3v) is 2.94. The molecule has 0 amide bonds. The second-order valence-corrected chi connectivity index (χ2v) is 4.79. The van der Waals surface area contributed by atoms with E-state index in [1.807, 2.05) is 31.2 Å². The SMILES string of the molecule is C/C=C/c1ccc(OCC(=O)OCc2cc(C)no2)c(OC)c1. The lowest BCUT2D eigenvalue weighted by Crippen LogP contribution is -2.15. The Balaban J connectivity index is 1.88. The zero-order valence-corrected chi connectivity index (χ0v) is 13.4. The van der Waals surface area contributed by atoms with Gasteiger partial charge in [-0.05, 0) is 31.5 Å². The van der Waals surface area contributed by atoms with Crippen LogP contribution in [0.15, 0.2) is 34.9 Å². The molecule has 122 valence electrons. The number of carbonyl (C=O) groups is 1. The van der Waals surface area contributed by atoms with Crippen LogP contribution in [0.5, 0.6) is 11.5 Å². The fourth-order valence-corrected chi connectivity index (χ4v) is 1.91. The molecule has 0 fully saturated rings. The van der Waals surface area contributed by atoms with Crippen LogP contribution in [-0.2, 0) is 16.1 Å². The molecule has 0 unspecified atom stereocenters. The molecule has 6 heteroatoms. The molecular formula is C17H19NO5. The number of aromatic nitrogens is 1. The van der Waals surface area contributed by atoms with Gasteiger partial charge in [-0.25, -0.2) is 4.79 Å². The zero-order chi connectivity index (χ0) is 16.7. The van der Waals surface area contributed by atoms with Gasteiger partial charge in [-0.15, -0.1) is 0 Å². The average Bonchev–Trinajstić information content (AvgIpc) is 2.97. The Morgan fingerprint density at radius 2 is 2.13 bits per heavy atom.